The highest BCUT2D eigenvalue weighted by atomic mass is 32.2. The fraction of sp³-hybridized carbons (Fsp3) is 0.143. The molecule has 0 saturated carbocycles. The van der Waals surface area contributed by atoms with E-state index in [1.807, 2.05) is 71.8 Å². The molecule has 0 aliphatic heterocycles. The Labute approximate surface area is 184 Å². The van der Waals surface area contributed by atoms with Gasteiger partial charge in [-0.1, -0.05) is 48.2 Å². The van der Waals surface area contributed by atoms with Crippen molar-refractivity contribution in [3.63, 3.8) is 0 Å². The van der Waals surface area contributed by atoms with Crippen LogP contribution >= 0.6 is 34.4 Å². The molecule has 6 nitrogen and oxygen atoms in total. The minimum atomic E-state index is -0.102. The molecule has 4 aromatic heterocycles. The third-order valence-electron chi connectivity index (χ3n) is 4.78. The van der Waals surface area contributed by atoms with Crippen LogP contribution in [0.5, 0.6) is 0 Å². The summed E-state index contributed by atoms with van der Waals surface area (Å²) in [5.74, 6) is 1.45. The molecule has 5 rings (SSSR count). The number of benzene rings is 1. The Morgan fingerprint density at radius 3 is 2.70 bits per heavy atom. The first-order valence-corrected chi connectivity index (χ1v) is 11.9. The van der Waals surface area contributed by atoms with Gasteiger partial charge in [0.15, 0.2) is 11.0 Å². The Morgan fingerprint density at radius 2 is 1.93 bits per heavy atom. The van der Waals surface area contributed by atoms with E-state index in [1.54, 1.807) is 11.3 Å². The van der Waals surface area contributed by atoms with Gasteiger partial charge >= 0.3 is 0 Å². The number of fused-ring (bicyclic) bond motifs is 1. The standard InChI is InChI=1S/C21H17N5OS3/c1-12(30-21-25-24-18(26(21)2)13-7-4-3-5-8-13)17-22-19(27)16-14(11-29-20(16)23-17)15-9-6-10-28-15/h3-12H,1-2H3,(H,22,23,27). The molecule has 0 saturated heterocycles. The number of thiophene rings is 2. The molecule has 0 bridgehead atoms. The van der Waals surface area contributed by atoms with Gasteiger partial charge in [0.1, 0.15) is 10.7 Å². The van der Waals surface area contributed by atoms with Crippen LogP contribution in [-0.2, 0) is 7.05 Å². The molecule has 1 unspecified atom stereocenters. The number of aromatic amines is 1. The van der Waals surface area contributed by atoms with Gasteiger partial charge in [0.2, 0.25) is 0 Å². The molecule has 1 N–H and O–H groups in total. The number of aromatic nitrogens is 5. The maximum Gasteiger partial charge on any atom is 0.260 e. The highest BCUT2D eigenvalue weighted by Gasteiger charge is 2.20. The lowest BCUT2D eigenvalue weighted by Crippen LogP contribution is -2.12. The lowest BCUT2D eigenvalue weighted by Gasteiger charge is -2.10. The average molecular weight is 452 g/mol. The van der Waals surface area contributed by atoms with Crippen molar-refractivity contribution in [1.82, 2.24) is 24.7 Å². The van der Waals surface area contributed by atoms with E-state index < -0.39 is 0 Å². The van der Waals surface area contributed by atoms with Crippen molar-refractivity contribution < 1.29 is 0 Å². The summed E-state index contributed by atoms with van der Waals surface area (Å²) in [7, 11) is 1.95. The van der Waals surface area contributed by atoms with Crippen molar-refractivity contribution in [3.05, 3.63) is 69.4 Å². The lowest BCUT2D eigenvalue weighted by molar-refractivity contribution is 0.786. The van der Waals surface area contributed by atoms with Gasteiger partial charge in [-0.05, 0) is 18.4 Å². The maximum absolute atomic E-state index is 12.9. The van der Waals surface area contributed by atoms with E-state index in [0.717, 1.165) is 31.8 Å². The summed E-state index contributed by atoms with van der Waals surface area (Å²) in [4.78, 5) is 22.4. The first kappa shape index (κ1) is 19.2. The second-order valence-corrected chi connectivity index (χ2v) is 9.86. The monoisotopic (exact) mass is 451 g/mol. The fourth-order valence-electron chi connectivity index (χ4n) is 3.24. The van der Waals surface area contributed by atoms with Gasteiger partial charge in [-0.3, -0.25) is 4.79 Å². The molecule has 9 heteroatoms. The topological polar surface area (TPSA) is 76.5 Å². The van der Waals surface area contributed by atoms with Gasteiger partial charge in [0.05, 0.1) is 10.6 Å². The third kappa shape index (κ3) is 3.38. The molecule has 0 aliphatic carbocycles. The number of hydrogen-bond acceptors (Lipinski definition) is 7. The van der Waals surface area contributed by atoms with Crippen LogP contribution in [0.25, 0.3) is 32.0 Å². The van der Waals surface area contributed by atoms with Crippen molar-refractivity contribution in [3.8, 4) is 21.8 Å². The number of nitrogens with zero attached hydrogens (tertiary/aromatic N) is 4. The van der Waals surface area contributed by atoms with Gasteiger partial charge in [-0.25, -0.2) is 4.98 Å². The normalized spacial score (nSPS) is 12.5. The van der Waals surface area contributed by atoms with Gasteiger partial charge < -0.3 is 9.55 Å². The van der Waals surface area contributed by atoms with Crippen LogP contribution in [0.3, 0.4) is 0 Å². The number of nitrogens with one attached hydrogen (secondary N) is 1. The van der Waals surface area contributed by atoms with E-state index in [2.05, 4.69) is 15.2 Å². The van der Waals surface area contributed by atoms with Gasteiger partial charge in [0, 0.05) is 28.4 Å². The summed E-state index contributed by atoms with van der Waals surface area (Å²) < 4.78 is 1.97. The van der Waals surface area contributed by atoms with Gasteiger partial charge in [-0.15, -0.1) is 32.9 Å². The Balaban J connectivity index is 1.45. The quantitative estimate of drug-likeness (QED) is 0.364. The Kier molecular flexibility index (Phi) is 5.01. The van der Waals surface area contributed by atoms with Crippen molar-refractivity contribution >= 4 is 44.7 Å². The average Bonchev–Trinajstić information content (AvgIpc) is 3.49. The zero-order valence-electron chi connectivity index (χ0n) is 16.2. The molecule has 0 radical (unpaired) electrons. The fourth-order valence-corrected chi connectivity index (χ4v) is 5.88. The first-order valence-electron chi connectivity index (χ1n) is 9.28. The SMILES string of the molecule is CC(Sc1nnc(-c2ccccc2)n1C)c1nc2scc(-c3cccs3)c2c(=O)[nH]1. The lowest BCUT2D eigenvalue weighted by atomic mass is 10.2. The molecular formula is C21H17N5OS3. The predicted molar refractivity (Wildman–Crippen MR) is 124 cm³/mol. The molecule has 4 heterocycles. The minimum Gasteiger partial charge on any atom is -0.309 e. The summed E-state index contributed by atoms with van der Waals surface area (Å²) >= 11 is 4.65. The Bertz CT molecular complexity index is 1370. The van der Waals surface area contributed by atoms with E-state index in [9.17, 15) is 4.79 Å². The van der Waals surface area contributed by atoms with Gasteiger partial charge in [-0.2, -0.15) is 0 Å². The van der Waals surface area contributed by atoms with Crippen LogP contribution in [-0.4, -0.2) is 24.7 Å². The molecule has 150 valence electrons. The molecule has 1 atom stereocenters. The molecule has 0 aliphatic rings. The number of rotatable bonds is 5. The Morgan fingerprint density at radius 1 is 1.10 bits per heavy atom. The number of thioether (sulfide) groups is 1. The molecule has 30 heavy (non-hydrogen) atoms. The molecular weight excluding hydrogens is 434 g/mol. The highest BCUT2D eigenvalue weighted by molar-refractivity contribution is 7.99. The van der Waals surface area contributed by atoms with Crippen molar-refractivity contribution in [2.24, 2.45) is 7.05 Å². The molecule has 0 fully saturated rings. The second kappa shape index (κ2) is 7.82. The van der Waals surface area contributed by atoms with Crippen LogP contribution in [0.1, 0.15) is 18.0 Å². The first-order chi connectivity index (χ1) is 14.6. The third-order valence-corrected chi connectivity index (χ3v) is 7.70. The summed E-state index contributed by atoms with van der Waals surface area (Å²) in [6.07, 6.45) is 0. The zero-order chi connectivity index (χ0) is 20.7. The summed E-state index contributed by atoms with van der Waals surface area (Å²) in [5.41, 5.74) is 1.86. The predicted octanol–water partition coefficient (Wildman–Crippen LogP) is 5.36. The number of H-pyrrole nitrogens is 1. The van der Waals surface area contributed by atoms with E-state index in [0.29, 0.717) is 11.2 Å². The van der Waals surface area contributed by atoms with E-state index in [4.69, 9.17) is 4.98 Å². The summed E-state index contributed by atoms with van der Waals surface area (Å²) in [6, 6.07) is 14.0. The summed E-state index contributed by atoms with van der Waals surface area (Å²) in [5, 5.41) is 14.0. The van der Waals surface area contributed by atoms with E-state index in [-0.39, 0.29) is 10.8 Å². The molecule has 1 aromatic carbocycles. The highest BCUT2D eigenvalue weighted by Crippen LogP contribution is 2.36. The second-order valence-electron chi connectivity index (χ2n) is 6.75. The van der Waals surface area contributed by atoms with Crippen LogP contribution in [0.4, 0.5) is 0 Å². The minimum absolute atomic E-state index is 0.0825. The van der Waals surface area contributed by atoms with Crippen molar-refractivity contribution in [1.29, 1.82) is 0 Å². The maximum atomic E-state index is 12.9. The van der Waals surface area contributed by atoms with E-state index in [1.165, 1.54) is 23.1 Å². The summed E-state index contributed by atoms with van der Waals surface area (Å²) in [6.45, 7) is 2.01. The van der Waals surface area contributed by atoms with Crippen LogP contribution in [0.15, 0.2) is 63.2 Å². The van der Waals surface area contributed by atoms with Crippen LogP contribution < -0.4 is 5.56 Å². The zero-order valence-corrected chi connectivity index (χ0v) is 18.6. The van der Waals surface area contributed by atoms with E-state index >= 15 is 0 Å². The molecule has 0 spiro atoms. The van der Waals surface area contributed by atoms with Crippen LogP contribution in [0, 0.1) is 0 Å². The molecule has 5 aromatic rings. The smallest absolute Gasteiger partial charge is 0.260 e. The largest absolute Gasteiger partial charge is 0.309 e. The van der Waals surface area contributed by atoms with Crippen molar-refractivity contribution in [2.45, 2.75) is 17.3 Å². The molecule has 0 amide bonds. The number of hydrogen-bond donors (Lipinski definition) is 1. The van der Waals surface area contributed by atoms with Crippen LogP contribution in [0.2, 0.25) is 0 Å². The van der Waals surface area contributed by atoms with Gasteiger partial charge in [0.25, 0.3) is 5.56 Å². The Hall–Kier alpha value is -2.75. The van der Waals surface area contributed by atoms with Crippen molar-refractivity contribution in [2.75, 3.05) is 0 Å².